The van der Waals surface area contributed by atoms with E-state index in [0.29, 0.717) is 31.3 Å². The monoisotopic (exact) mass is 251 g/mol. The number of hydrogen-bond acceptors (Lipinski definition) is 5. The molecule has 1 aromatic carbocycles. The van der Waals surface area contributed by atoms with Crippen LogP contribution in [-0.4, -0.2) is 32.8 Å². The predicted molar refractivity (Wildman–Crippen MR) is 65.9 cm³/mol. The number of benzene rings is 1. The van der Waals surface area contributed by atoms with Gasteiger partial charge < -0.3 is 19.5 Å². The summed E-state index contributed by atoms with van der Waals surface area (Å²) < 4.78 is 15.7. The van der Waals surface area contributed by atoms with Gasteiger partial charge in [0.2, 0.25) is 0 Å². The molecule has 0 saturated carbocycles. The van der Waals surface area contributed by atoms with Crippen LogP contribution in [0.3, 0.4) is 0 Å². The molecule has 1 N–H and O–H groups in total. The van der Waals surface area contributed by atoms with Gasteiger partial charge in [-0.2, -0.15) is 0 Å². The third kappa shape index (κ3) is 2.56. The lowest BCUT2D eigenvalue weighted by molar-refractivity contribution is -0.143. The smallest absolute Gasteiger partial charge is 0.327 e. The predicted octanol–water partition coefficient (Wildman–Crippen LogP) is 1.28. The highest BCUT2D eigenvalue weighted by atomic mass is 16.6. The Morgan fingerprint density at radius 2 is 2.11 bits per heavy atom. The molecule has 5 nitrogen and oxygen atoms in total. The third-order valence-electron chi connectivity index (χ3n) is 2.74. The SMILES string of the molecule is CCNC(C(=O)OC)c1ccc2c(c1)OCCO2. The highest BCUT2D eigenvalue weighted by Crippen LogP contribution is 2.32. The maximum atomic E-state index is 11.7. The zero-order chi connectivity index (χ0) is 13.0. The van der Waals surface area contributed by atoms with Gasteiger partial charge in [-0.1, -0.05) is 13.0 Å². The molecule has 1 aliphatic heterocycles. The van der Waals surface area contributed by atoms with Gasteiger partial charge in [-0.3, -0.25) is 0 Å². The first kappa shape index (κ1) is 12.7. The summed E-state index contributed by atoms with van der Waals surface area (Å²) in [6.45, 7) is 3.70. The molecule has 98 valence electrons. The second-order valence-corrected chi connectivity index (χ2v) is 3.92. The van der Waals surface area contributed by atoms with Gasteiger partial charge in [0.1, 0.15) is 19.3 Å². The maximum absolute atomic E-state index is 11.7. The summed E-state index contributed by atoms with van der Waals surface area (Å²) in [5.41, 5.74) is 0.813. The summed E-state index contributed by atoms with van der Waals surface area (Å²) >= 11 is 0. The number of carbonyl (C=O) groups is 1. The van der Waals surface area contributed by atoms with Crippen molar-refractivity contribution < 1.29 is 19.0 Å². The highest BCUT2D eigenvalue weighted by Gasteiger charge is 2.22. The molecule has 5 heteroatoms. The molecule has 0 amide bonds. The molecular formula is C13H17NO4. The topological polar surface area (TPSA) is 56.8 Å². The van der Waals surface area contributed by atoms with Crippen LogP contribution in [0.4, 0.5) is 0 Å². The van der Waals surface area contributed by atoms with E-state index >= 15 is 0 Å². The molecule has 0 spiro atoms. The first-order valence-corrected chi connectivity index (χ1v) is 5.97. The van der Waals surface area contributed by atoms with Crippen LogP contribution in [0.15, 0.2) is 18.2 Å². The molecule has 0 fully saturated rings. The molecule has 0 radical (unpaired) electrons. The minimum absolute atomic E-state index is 0.312. The van der Waals surface area contributed by atoms with Crippen molar-refractivity contribution in [1.29, 1.82) is 0 Å². The Kier molecular flexibility index (Phi) is 4.04. The molecule has 1 aromatic rings. The highest BCUT2D eigenvalue weighted by molar-refractivity contribution is 5.77. The fourth-order valence-electron chi connectivity index (χ4n) is 1.90. The Hall–Kier alpha value is -1.75. The van der Waals surface area contributed by atoms with E-state index in [1.54, 1.807) is 0 Å². The van der Waals surface area contributed by atoms with Crippen LogP contribution in [0.25, 0.3) is 0 Å². The second kappa shape index (κ2) is 5.73. The molecule has 0 aromatic heterocycles. The van der Waals surface area contributed by atoms with Crippen molar-refractivity contribution in [2.45, 2.75) is 13.0 Å². The number of likely N-dealkylation sites (N-methyl/N-ethyl adjacent to an activating group) is 1. The molecule has 1 aliphatic rings. The van der Waals surface area contributed by atoms with E-state index in [0.717, 1.165) is 5.56 Å². The Balaban J connectivity index is 2.27. The molecule has 0 saturated heterocycles. The van der Waals surface area contributed by atoms with Gasteiger partial charge in [-0.15, -0.1) is 0 Å². The number of nitrogens with one attached hydrogen (secondary N) is 1. The largest absolute Gasteiger partial charge is 0.486 e. The number of ether oxygens (including phenoxy) is 3. The number of methoxy groups -OCH3 is 1. The van der Waals surface area contributed by atoms with Crippen LogP contribution in [0.2, 0.25) is 0 Å². The van der Waals surface area contributed by atoms with Crippen molar-refractivity contribution in [2.24, 2.45) is 0 Å². The Labute approximate surface area is 106 Å². The van der Waals surface area contributed by atoms with Crippen molar-refractivity contribution in [3.63, 3.8) is 0 Å². The molecule has 1 unspecified atom stereocenters. The molecule has 2 rings (SSSR count). The van der Waals surface area contributed by atoms with Gasteiger partial charge in [0, 0.05) is 0 Å². The van der Waals surface area contributed by atoms with Crippen molar-refractivity contribution in [1.82, 2.24) is 5.32 Å². The van der Waals surface area contributed by atoms with Gasteiger partial charge >= 0.3 is 5.97 Å². The number of rotatable bonds is 4. The summed E-state index contributed by atoms with van der Waals surface area (Å²) in [6, 6.07) is 5.00. The number of fused-ring (bicyclic) bond motifs is 1. The summed E-state index contributed by atoms with van der Waals surface area (Å²) in [4.78, 5) is 11.7. The minimum Gasteiger partial charge on any atom is -0.486 e. The van der Waals surface area contributed by atoms with Crippen molar-refractivity contribution >= 4 is 5.97 Å². The van der Waals surface area contributed by atoms with E-state index in [1.807, 2.05) is 25.1 Å². The van der Waals surface area contributed by atoms with Crippen LogP contribution < -0.4 is 14.8 Å². The Bertz CT molecular complexity index is 433. The number of hydrogen-bond donors (Lipinski definition) is 1. The zero-order valence-corrected chi connectivity index (χ0v) is 10.6. The van der Waals surface area contributed by atoms with Gasteiger partial charge in [0.25, 0.3) is 0 Å². The lowest BCUT2D eigenvalue weighted by atomic mass is 10.1. The Morgan fingerprint density at radius 1 is 1.39 bits per heavy atom. The van der Waals surface area contributed by atoms with Gasteiger partial charge in [0.05, 0.1) is 7.11 Å². The maximum Gasteiger partial charge on any atom is 0.327 e. The normalized spacial score (nSPS) is 15.0. The lowest BCUT2D eigenvalue weighted by Gasteiger charge is -2.21. The summed E-state index contributed by atoms with van der Waals surface area (Å²) in [6.07, 6.45) is 0. The summed E-state index contributed by atoms with van der Waals surface area (Å²) in [7, 11) is 1.38. The zero-order valence-electron chi connectivity index (χ0n) is 10.6. The van der Waals surface area contributed by atoms with Gasteiger partial charge in [-0.25, -0.2) is 4.79 Å². The summed E-state index contributed by atoms with van der Waals surface area (Å²) in [5, 5.41) is 3.09. The molecule has 1 heterocycles. The van der Waals surface area contributed by atoms with Crippen LogP contribution >= 0.6 is 0 Å². The minimum atomic E-state index is -0.476. The van der Waals surface area contributed by atoms with Gasteiger partial charge in [-0.05, 0) is 24.2 Å². The standard InChI is InChI=1S/C13H17NO4/c1-3-14-12(13(15)16-2)9-4-5-10-11(8-9)18-7-6-17-10/h4-5,8,12,14H,3,6-7H2,1-2H3. The molecule has 0 bridgehead atoms. The first-order valence-electron chi connectivity index (χ1n) is 5.97. The number of carbonyl (C=O) groups excluding carboxylic acids is 1. The van der Waals surface area contributed by atoms with Crippen LogP contribution in [-0.2, 0) is 9.53 Å². The van der Waals surface area contributed by atoms with E-state index in [-0.39, 0.29) is 5.97 Å². The number of esters is 1. The van der Waals surface area contributed by atoms with Crippen LogP contribution in [0, 0.1) is 0 Å². The van der Waals surface area contributed by atoms with E-state index in [4.69, 9.17) is 14.2 Å². The second-order valence-electron chi connectivity index (χ2n) is 3.92. The van der Waals surface area contributed by atoms with E-state index < -0.39 is 6.04 Å². The molecule has 0 aliphatic carbocycles. The van der Waals surface area contributed by atoms with E-state index in [1.165, 1.54) is 7.11 Å². The average Bonchev–Trinajstić information content (AvgIpc) is 2.43. The average molecular weight is 251 g/mol. The van der Waals surface area contributed by atoms with Crippen LogP contribution in [0.5, 0.6) is 11.5 Å². The first-order chi connectivity index (χ1) is 8.76. The fourth-order valence-corrected chi connectivity index (χ4v) is 1.90. The molecule has 1 atom stereocenters. The van der Waals surface area contributed by atoms with E-state index in [9.17, 15) is 4.79 Å². The van der Waals surface area contributed by atoms with Crippen LogP contribution in [0.1, 0.15) is 18.5 Å². The lowest BCUT2D eigenvalue weighted by Crippen LogP contribution is -2.29. The Morgan fingerprint density at radius 3 is 2.78 bits per heavy atom. The van der Waals surface area contributed by atoms with E-state index in [2.05, 4.69) is 5.32 Å². The quantitative estimate of drug-likeness (QED) is 0.817. The third-order valence-corrected chi connectivity index (χ3v) is 2.74. The summed E-state index contributed by atoms with van der Waals surface area (Å²) in [5.74, 6) is 1.07. The van der Waals surface area contributed by atoms with Crippen molar-refractivity contribution in [3.8, 4) is 11.5 Å². The molecule has 18 heavy (non-hydrogen) atoms. The molecular weight excluding hydrogens is 234 g/mol. The van der Waals surface area contributed by atoms with Crippen molar-refractivity contribution in [2.75, 3.05) is 26.9 Å². The van der Waals surface area contributed by atoms with Crippen molar-refractivity contribution in [3.05, 3.63) is 23.8 Å². The van der Waals surface area contributed by atoms with Gasteiger partial charge in [0.15, 0.2) is 11.5 Å². The fraction of sp³-hybridized carbons (Fsp3) is 0.462.